The van der Waals surface area contributed by atoms with Crippen LogP contribution < -0.4 is 0 Å². The van der Waals surface area contributed by atoms with Crippen LogP contribution in [0.3, 0.4) is 0 Å². The second-order valence-corrected chi connectivity index (χ2v) is 5.37. The molecule has 0 radical (unpaired) electrons. The van der Waals surface area contributed by atoms with Crippen LogP contribution in [0, 0.1) is 12.7 Å². The first-order chi connectivity index (χ1) is 7.58. The lowest BCUT2D eigenvalue weighted by Crippen LogP contribution is -2.00. The first-order valence-corrected chi connectivity index (χ1v) is 6.30. The van der Waals surface area contributed by atoms with Crippen LogP contribution in [0.25, 0.3) is 0 Å². The van der Waals surface area contributed by atoms with Gasteiger partial charge < -0.3 is 0 Å². The molecule has 0 aliphatic rings. The molecule has 0 saturated carbocycles. The van der Waals surface area contributed by atoms with E-state index in [1.807, 2.05) is 18.4 Å². The normalized spacial score (nSPS) is 10.4. The molecule has 1 aromatic carbocycles. The quantitative estimate of drug-likeness (QED) is 0.760. The van der Waals surface area contributed by atoms with Crippen molar-refractivity contribution in [1.82, 2.24) is 0 Å². The topological polar surface area (TPSA) is 17.1 Å². The van der Waals surface area contributed by atoms with Crippen molar-refractivity contribution in [2.45, 2.75) is 6.92 Å². The Morgan fingerprint density at radius 1 is 1.38 bits per heavy atom. The molecule has 0 N–H and O–H groups in total. The monoisotopic (exact) mass is 298 g/mol. The molecule has 0 atom stereocenters. The number of ketones is 1. The van der Waals surface area contributed by atoms with Gasteiger partial charge >= 0.3 is 0 Å². The zero-order valence-electron chi connectivity index (χ0n) is 8.46. The van der Waals surface area contributed by atoms with Gasteiger partial charge in [-0.2, -0.15) is 0 Å². The Hall–Kier alpha value is -1.000. The van der Waals surface area contributed by atoms with Gasteiger partial charge in [0.1, 0.15) is 5.82 Å². The van der Waals surface area contributed by atoms with Crippen molar-refractivity contribution < 1.29 is 9.18 Å². The minimum Gasteiger partial charge on any atom is -0.289 e. The van der Waals surface area contributed by atoms with Gasteiger partial charge in [-0.3, -0.25) is 4.79 Å². The van der Waals surface area contributed by atoms with E-state index in [1.165, 1.54) is 29.5 Å². The number of carbonyl (C=O) groups excluding carboxylic acids is 1. The summed E-state index contributed by atoms with van der Waals surface area (Å²) in [4.78, 5) is 13.1. The molecule has 0 saturated heterocycles. The first kappa shape index (κ1) is 11.5. The van der Waals surface area contributed by atoms with Gasteiger partial charge in [0.05, 0.1) is 0 Å². The SMILES string of the molecule is Cc1cc(C(=O)c2ccc(F)cc2Br)cs1. The minimum atomic E-state index is -0.357. The number of halogens is 2. The van der Waals surface area contributed by atoms with Gasteiger partial charge in [-0.1, -0.05) is 0 Å². The van der Waals surface area contributed by atoms with Crippen molar-refractivity contribution in [2.24, 2.45) is 0 Å². The first-order valence-electron chi connectivity index (χ1n) is 4.63. The third-order valence-corrected chi connectivity index (χ3v) is 3.69. The fourth-order valence-electron chi connectivity index (χ4n) is 1.39. The molecule has 82 valence electrons. The lowest BCUT2D eigenvalue weighted by atomic mass is 10.1. The third-order valence-electron chi connectivity index (χ3n) is 2.17. The van der Waals surface area contributed by atoms with Crippen LogP contribution in [-0.4, -0.2) is 5.78 Å². The molecule has 0 amide bonds. The number of benzene rings is 1. The highest BCUT2D eigenvalue weighted by molar-refractivity contribution is 9.10. The van der Waals surface area contributed by atoms with E-state index >= 15 is 0 Å². The van der Waals surface area contributed by atoms with Crippen LogP contribution in [0.2, 0.25) is 0 Å². The van der Waals surface area contributed by atoms with E-state index in [0.717, 1.165) is 4.88 Å². The van der Waals surface area contributed by atoms with Crippen molar-refractivity contribution in [3.63, 3.8) is 0 Å². The number of hydrogen-bond donors (Lipinski definition) is 0. The molecule has 0 bridgehead atoms. The number of aryl methyl sites for hydroxylation is 1. The maximum atomic E-state index is 12.9. The van der Waals surface area contributed by atoms with E-state index in [-0.39, 0.29) is 11.6 Å². The summed E-state index contributed by atoms with van der Waals surface area (Å²) in [6, 6.07) is 5.92. The Labute approximate surface area is 105 Å². The Morgan fingerprint density at radius 3 is 2.69 bits per heavy atom. The fourth-order valence-corrected chi connectivity index (χ4v) is 2.61. The lowest BCUT2D eigenvalue weighted by molar-refractivity contribution is 0.103. The predicted molar refractivity (Wildman–Crippen MR) is 66.6 cm³/mol. The summed E-state index contributed by atoms with van der Waals surface area (Å²) in [5.41, 5.74) is 1.13. The lowest BCUT2D eigenvalue weighted by Gasteiger charge is -2.01. The predicted octanol–water partition coefficient (Wildman–Crippen LogP) is 4.19. The molecular weight excluding hydrogens is 291 g/mol. The van der Waals surface area contributed by atoms with E-state index in [4.69, 9.17) is 0 Å². The molecule has 1 aromatic heterocycles. The summed E-state index contributed by atoms with van der Waals surface area (Å²) in [6.07, 6.45) is 0. The van der Waals surface area contributed by atoms with E-state index in [2.05, 4.69) is 15.9 Å². The summed E-state index contributed by atoms with van der Waals surface area (Å²) in [5.74, 6) is -0.443. The average molecular weight is 299 g/mol. The highest BCUT2D eigenvalue weighted by Crippen LogP contribution is 2.23. The highest BCUT2D eigenvalue weighted by Gasteiger charge is 2.14. The Bertz CT molecular complexity index is 548. The van der Waals surface area contributed by atoms with Gasteiger partial charge in [0.2, 0.25) is 0 Å². The maximum absolute atomic E-state index is 12.9. The van der Waals surface area contributed by atoms with Crippen LogP contribution in [0.5, 0.6) is 0 Å². The van der Waals surface area contributed by atoms with Gasteiger partial charge in [0, 0.05) is 25.9 Å². The number of thiophene rings is 1. The maximum Gasteiger partial charge on any atom is 0.195 e. The summed E-state index contributed by atoms with van der Waals surface area (Å²) in [5, 5.41) is 1.81. The van der Waals surface area contributed by atoms with Crippen molar-refractivity contribution in [3.8, 4) is 0 Å². The van der Waals surface area contributed by atoms with Crippen molar-refractivity contribution in [1.29, 1.82) is 0 Å². The van der Waals surface area contributed by atoms with Crippen LogP contribution in [0.15, 0.2) is 34.1 Å². The molecule has 2 rings (SSSR count). The standard InChI is InChI=1S/C12H8BrFOS/c1-7-4-8(6-16-7)12(15)10-3-2-9(14)5-11(10)13/h2-6H,1H3. The summed E-state index contributed by atoms with van der Waals surface area (Å²) in [7, 11) is 0. The number of rotatable bonds is 2. The molecule has 2 aromatic rings. The average Bonchev–Trinajstić information content (AvgIpc) is 2.64. The minimum absolute atomic E-state index is 0.0868. The van der Waals surface area contributed by atoms with Crippen LogP contribution >= 0.6 is 27.3 Å². The molecule has 1 nitrogen and oxygen atoms in total. The van der Waals surface area contributed by atoms with Gasteiger partial charge in [-0.25, -0.2) is 4.39 Å². The van der Waals surface area contributed by atoms with Gasteiger partial charge in [-0.15, -0.1) is 11.3 Å². The Morgan fingerprint density at radius 2 is 2.12 bits per heavy atom. The van der Waals surface area contributed by atoms with Crippen LogP contribution in [-0.2, 0) is 0 Å². The van der Waals surface area contributed by atoms with Crippen molar-refractivity contribution in [3.05, 3.63) is 55.9 Å². The molecule has 0 unspecified atom stereocenters. The Kier molecular flexibility index (Phi) is 3.21. The molecule has 0 aliphatic heterocycles. The molecule has 1 heterocycles. The second kappa shape index (κ2) is 4.47. The van der Waals surface area contributed by atoms with E-state index in [9.17, 15) is 9.18 Å². The largest absolute Gasteiger partial charge is 0.289 e. The summed E-state index contributed by atoms with van der Waals surface area (Å²) in [6.45, 7) is 1.95. The summed E-state index contributed by atoms with van der Waals surface area (Å²) >= 11 is 4.72. The molecule has 0 spiro atoms. The van der Waals surface area contributed by atoms with Crippen molar-refractivity contribution >= 4 is 33.0 Å². The fraction of sp³-hybridized carbons (Fsp3) is 0.0833. The molecular formula is C12H8BrFOS. The van der Waals surface area contributed by atoms with Crippen LogP contribution in [0.4, 0.5) is 4.39 Å². The molecule has 16 heavy (non-hydrogen) atoms. The van der Waals surface area contributed by atoms with Crippen molar-refractivity contribution in [2.75, 3.05) is 0 Å². The molecule has 0 fully saturated rings. The smallest absolute Gasteiger partial charge is 0.195 e. The summed E-state index contributed by atoms with van der Waals surface area (Å²) < 4.78 is 13.4. The van der Waals surface area contributed by atoms with Gasteiger partial charge in [0.15, 0.2) is 5.78 Å². The second-order valence-electron chi connectivity index (χ2n) is 3.40. The zero-order valence-corrected chi connectivity index (χ0v) is 10.9. The van der Waals surface area contributed by atoms with Gasteiger partial charge in [-0.05, 0) is 47.1 Å². The van der Waals surface area contributed by atoms with E-state index in [1.54, 1.807) is 0 Å². The number of hydrogen-bond acceptors (Lipinski definition) is 2. The highest BCUT2D eigenvalue weighted by atomic mass is 79.9. The van der Waals surface area contributed by atoms with E-state index in [0.29, 0.717) is 15.6 Å². The van der Waals surface area contributed by atoms with E-state index < -0.39 is 0 Å². The number of carbonyl (C=O) groups is 1. The molecule has 4 heteroatoms. The molecule has 0 aliphatic carbocycles. The zero-order chi connectivity index (χ0) is 11.7. The Balaban J connectivity index is 2.41. The van der Waals surface area contributed by atoms with Gasteiger partial charge in [0.25, 0.3) is 0 Å². The van der Waals surface area contributed by atoms with Crippen LogP contribution in [0.1, 0.15) is 20.8 Å². The third kappa shape index (κ3) is 2.23.